The lowest BCUT2D eigenvalue weighted by Crippen LogP contribution is -2.23. The van der Waals surface area contributed by atoms with Gasteiger partial charge in [0.15, 0.2) is 17.5 Å². The zero-order valence-corrected chi connectivity index (χ0v) is 12.3. The molecular formula is C17H18F3N. The Bertz CT molecular complexity index is 629. The standard InChI is InChI=1S/C17H18F3N/c1-4-21-17(13-7-5-6-10(2)11(13)3)12-8-14(18)16(20)15(19)9-12/h5-9,17,21H,4H2,1-3H3. The number of nitrogens with one attached hydrogen (secondary N) is 1. The lowest BCUT2D eigenvalue weighted by atomic mass is 9.92. The average molecular weight is 293 g/mol. The summed E-state index contributed by atoms with van der Waals surface area (Å²) >= 11 is 0. The first-order chi connectivity index (χ1) is 9.95. The van der Waals surface area contributed by atoms with E-state index in [1.807, 2.05) is 39.0 Å². The SMILES string of the molecule is CCNC(c1cc(F)c(F)c(F)c1)c1cccc(C)c1C. The number of rotatable bonds is 4. The van der Waals surface area contributed by atoms with E-state index in [0.29, 0.717) is 12.1 Å². The molecule has 2 rings (SSSR count). The van der Waals surface area contributed by atoms with Crippen molar-refractivity contribution in [3.8, 4) is 0 Å². The monoisotopic (exact) mass is 293 g/mol. The molecule has 0 fully saturated rings. The summed E-state index contributed by atoms with van der Waals surface area (Å²) in [5, 5.41) is 3.20. The van der Waals surface area contributed by atoms with Gasteiger partial charge in [0.25, 0.3) is 0 Å². The van der Waals surface area contributed by atoms with Crippen LogP contribution in [0.15, 0.2) is 30.3 Å². The Kier molecular flexibility index (Phi) is 4.68. The molecule has 4 heteroatoms. The van der Waals surface area contributed by atoms with Gasteiger partial charge in [-0.1, -0.05) is 25.1 Å². The number of hydrogen-bond donors (Lipinski definition) is 1. The van der Waals surface area contributed by atoms with Crippen molar-refractivity contribution in [2.45, 2.75) is 26.8 Å². The third-order valence-corrected chi connectivity index (χ3v) is 3.71. The van der Waals surface area contributed by atoms with Crippen LogP contribution in [0, 0.1) is 31.3 Å². The highest BCUT2D eigenvalue weighted by Crippen LogP contribution is 2.28. The van der Waals surface area contributed by atoms with E-state index in [4.69, 9.17) is 0 Å². The molecule has 2 aromatic carbocycles. The van der Waals surface area contributed by atoms with Crippen LogP contribution in [0.1, 0.15) is 35.2 Å². The fraction of sp³-hybridized carbons (Fsp3) is 0.294. The Morgan fingerprint density at radius 3 is 2.24 bits per heavy atom. The molecule has 1 unspecified atom stereocenters. The molecule has 0 radical (unpaired) electrons. The van der Waals surface area contributed by atoms with Crippen LogP contribution in [0.2, 0.25) is 0 Å². The maximum absolute atomic E-state index is 13.5. The molecule has 112 valence electrons. The fourth-order valence-electron chi connectivity index (χ4n) is 2.44. The van der Waals surface area contributed by atoms with Gasteiger partial charge in [0.2, 0.25) is 0 Å². The van der Waals surface area contributed by atoms with Crippen molar-refractivity contribution in [3.63, 3.8) is 0 Å². The minimum atomic E-state index is -1.44. The number of benzene rings is 2. The van der Waals surface area contributed by atoms with E-state index in [9.17, 15) is 13.2 Å². The van der Waals surface area contributed by atoms with Crippen molar-refractivity contribution in [1.82, 2.24) is 5.32 Å². The summed E-state index contributed by atoms with van der Waals surface area (Å²) in [5.74, 6) is -3.77. The molecular weight excluding hydrogens is 275 g/mol. The highest BCUT2D eigenvalue weighted by molar-refractivity contribution is 5.41. The van der Waals surface area contributed by atoms with Gasteiger partial charge < -0.3 is 5.32 Å². The minimum absolute atomic E-state index is 0.375. The Hall–Kier alpha value is -1.81. The Labute approximate surface area is 122 Å². The molecule has 0 spiro atoms. The van der Waals surface area contributed by atoms with Crippen LogP contribution >= 0.6 is 0 Å². The van der Waals surface area contributed by atoms with Crippen LogP contribution in [0.3, 0.4) is 0 Å². The zero-order valence-electron chi connectivity index (χ0n) is 12.3. The second kappa shape index (κ2) is 6.31. The maximum atomic E-state index is 13.5. The van der Waals surface area contributed by atoms with Crippen LogP contribution in [-0.2, 0) is 0 Å². The third-order valence-electron chi connectivity index (χ3n) is 3.71. The topological polar surface area (TPSA) is 12.0 Å². The van der Waals surface area contributed by atoms with E-state index in [0.717, 1.165) is 28.8 Å². The van der Waals surface area contributed by atoms with Gasteiger partial charge in [-0.3, -0.25) is 0 Å². The summed E-state index contributed by atoms with van der Waals surface area (Å²) in [6.07, 6.45) is 0. The van der Waals surface area contributed by atoms with Gasteiger partial charge >= 0.3 is 0 Å². The van der Waals surface area contributed by atoms with Crippen molar-refractivity contribution < 1.29 is 13.2 Å². The first-order valence-electron chi connectivity index (χ1n) is 6.89. The van der Waals surface area contributed by atoms with Gasteiger partial charge in [0.05, 0.1) is 6.04 Å². The van der Waals surface area contributed by atoms with E-state index in [-0.39, 0.29) is 6.04 Å². The van der Waals surface area contributed by atoms with E-state index in [1.165, 1.54) is 0 Å². The lowest BCUT2D eigenvalue weighted by molar-refractivity contribution is 0.442. The summed E-state index contributed by atoms with van der Waals surface area (Å²) in [4.78, 5) is 0. The van der Waals surface area contributed by atoms with Crippen LogP contribution < -0.4 is 5.32 Å². The van der Waals surface area contributed by atoms with Crippen molar-refractivity contribution in [3.05, 3.63) is 70.0 Å². The minimum Gasteiger partial charge on any atom is -0.307 e. The Balaban J connectivity index is 2.56. The molecule has 0 saturated carbocycles. The van der Waals surface area contributed by atoms with Crippen molar-refractivity contribution >= 4 is 0 Å². The predicted octanol–water partition coefficient (Wildman–Crippen LogP) is 4.42. The molecule has 2 aromatic rings. The molecule has 0 bridgehead atoms. The van der Waals surface area contributed by atoms with Crippen LogP contribution in [0.4, 0.5) is 13.2 Å². The molecule has 0 aliphatic heterocycles. The molecule has 0 heterocycles. The summed E-state index contributed by atoms with van der Waals surface area (Å²) in [6.45, 7) is 6.48. The molecule has 0 aliphatic carbocycles. The number of hydrogen-bond acceptors (Lipinski definition) is 1. The van der Waals surface area contributed by atoms with Crippen molar-refractivity contribution in [2.24, 2.45) is 0 Å². The summed E-state index contributed by atoms with van der Waals surface area (Å²) in [6, 6.07) is 7.52. The summed E-state index contributed by atoms with van der Waals surface area (Å²) in [5.41, 5.74) is 3.45. The molecule has 1 N–H and O–H groups in total. The quantitative estimate of drug-likeness (QED) is 0.823. The largest absolute Gasteiger partial charge is 0.307 e. The summed E-state index contributed by atoms with van der Waals surface area (Å²) < 4.78 is 40.1. The Morgan fingerprint density at radius 1 is 1.05 bits per heavy atom. The van der Waals surface area contributed by atoms with Crippen molar-refractivity contribution in [1.29, 1.82) is 0 Å². The summed E-state index contributed by atoms with van der Waals surface area (Å²) in [7, 11) is 0. The van der Waals surface area contributed by atoms with Gasteiger partial charge in [-0.2, -0.15) is 0 Å². The molecule has 0 aliphatic rings. The number of aryl methyl sites for hydroxylation is 1. The van der Waals surface area contributed by atoms with E-state index >= 15 is 0 Å². The third kappa shape index (κ3) is 3.10. The number of halogens is 3. The highest BCUT2D eigenvalue weighted by Gasteiger charge is 2.20. The van der Waals surface area contributed by atoms with Crippen LogP contribution in [0.5, 0.6) is 0 Å². The normalized spacial score (nSPS) is 12.5. The lowest BCUT2D eigenvalue weighted by Gasteiger charge is -2.22. The molecule has 0 saturated heterocycles. The van der Waals surface area contributed by atoms with E-state index < -0.39 is 17.5 Å². The van der Waals surface area contributed by atoms with Gasteiger partial charge in [-0.15, -0.1) is 0 Å². The molecule has 0 amide bonds. The first kappa shape index (κ1) is 15.6. The van der Waals surface area contributed by atoms with Gasteiger partial charge in [0.1, 0.15) is 0 Å². The van der Waals surface area contributed by atoms with Gasteiger partial charge in [-0.05, 0) is 54.8 Å². The molecule has 1 nitrogen and oxygen atoms in total. The highest BCUT2D eigenvalue weighted by atomic mass is 19.2. The second-order valence-electron chi connectivity index (χ2n) is 5.08. The van der Waals surface area contributed by atoms with E-state index in [1.54, 1.807) is 0 Å². The van der Waals surface area contributed by atoms with Crippen molar-refractivity contribution in [2.75, 3.05) is 6.54 Å². The molecule has 21 heavy (non-hydrogen) atoms. The van der Waals surface area contributed by atoms with E-state index in [2.05, 4.69) is 5.32 Å². The fourth-order valence-corrected chi connectivity index (χ4v) is 2.44. The molecule has 1 atom stereocenters. The average Bonchev–Trinajstić information content (AvgIpc) is 2.45. The predicted molar refractivity (Wildman–Crippen MR) is 77.8 cm³/mol. The van der Waals surface area contributed by atoms with Crippen LogP contribution in [0.25, 0.3) is 0 Å². The zero-order chi connectivity index (χ0) is 15.6. The first-order valence-corrected chi connectivity index (χ1v) is 6.89. The van der Waals surface area contributed by atoms with Gasteiger partial charge in [-0.25, -0.2) is 13.2 Å². The van der Waals surface area contributed by atoms with Gasteiger partial charge in [0, 0.05) is 0 Å². The smallest absolute Gasteiger partial charge is 0.194 e. The second-order valence-corrected chi connectivity index (χ2v) is 5.08. The van der Waals surface area contributed by atoms with Crippen LogP contribution in [-0.4, -0.2) is 6.54 Å². The maximum Gasteiger partial charge on any atom is 0.194 e. The Morgan fingerprint density at radius 2 is 1.67 bits per heavy atom. The molecule has 0 aromatic heterocycles.